The van der Waals surface area contributed by atoms with Crippen LogP contribution < -0.4 is 10.1 Å². The SMILES string of the molecule is Cl.Cl.Oc1c(OC(F)(F)F)cccc1[C@@H](C1CCC1)N1CCNCC1. The van der Waals surface area contributed by atoms with Gasteiger partial charge in [0.2, 0.25) is 0 Å². The number of piperazine rings is 1. The molecule has 9 heteroatoms. The summed E-state index contributed by atoms with van der Waals surface area (Å²) in [6, 6.07) is 4.33. The Kier molecular flexibility index (Phi) is 8.12. The highest BCUT2D eigenvalue weighted by Crippen LogP contribution is 2.46. The van der Waals surface area contributed by atoms with Crippen LogP contribution in [0.15, 0.2) is 18.2 Å². The van der Waals surface area contributed by atoms with Crippen LogP contribution in [0.1, 0.15) is 30.9 Å². The third kappa shape index (κ3) is 5.29. The lowest BCUT2D eigenvalue weighted by Crippen LogP contribution is -2.47. The molecule has 4 nitrogen and oxygen atoms in total. The lowest BCUT2D eigenvalue weighted by atomic mass is 9.76. The number of para-hydroxylation sites is 1. The molecule has 1 saturated heterocycles. The molecule has 1 aromatic carbocycles. The minimum absolute atomic E-state index is 0. The first-order chi connectivity index (χ1) is 11.0. The number of phenolic OH excluding ortho intramolecular Hbond substituents is 1. The summed E-state index contributed by atoms with van der Waals surface area (Å²) in [5, 5.41) is 13.6. The summed E-state index contributed by atoms with van der Waals surface area (Å²) >= 11 is 0. The Hall–Kier alpha value is -0.890. The van der Waals surface area contributed by atoms with E-state index in [1.807, 2.05) is 0 Å². The average molecular weight is 403 g/mol. The molecule has 0 aromatic heterocycles. The topological polar surface area (TPSA) is 44.7 Å². The number of hydrogen-bond donors (Lipinski definition) is 2. The van der Waals surface area contributed by atoms with Crippen molar-refractivity contribution in [1.29, 1.82) is 0 Å². The van der Waals surface area contributed by atoms with E-state index in [2.05, 4.69) is 15.0 Å². The lowest BCUT2D eigenvalue weighted by molar-refractivity contribution is -0.275. The summed E-state index contributed by atoms with van der Waals surface area (Å²) in [7, 11) is 0. The molecule has 3 rings (SSSR count). The van der Waals surface area contributed by atoms with Crippen LogP contribution in [0, 0.1) is 5.92 Å². The quantitative estimate of drug-likeness (QED) is 0.801. The average Bonchev–Trinajstić information content (AvgIpc) is 2.45. The number of rotatable bonds is 4. The maximum atomic E-state index is 12.5. The molecule has 0 bridgehead atoms. The summed E-state index contributed by atoms with van der Waals surface area (Å²) in [5.74, 6) is -0.533. The molecule has 1 aliphatic carbocycles. The highest BCUT2D eigenvalue weighted by atomic mass is 35.5. The first-order valence-electron chi connectivity index (χ1n) is 7.98. The molecule has 1 saturated carbocycles. The highest BCUT2D eigenvalue weighted by Gasteiger charge is 2.37. The van der Waals surface area contributed by atoms with Crippen molar-refractivity contribution in [1.82, 2.24) is 10.2 Å². The Balaban J connectivity index is 0.00000156. The first-order valence-corrected chi connectivity index (χ1v) is 7.98. The number of benzene rings is 1. The zero-order chi connectivity index (χ0) is 16.4. The van der Waals surface area contributed by atoms with Crippen molar-refractivity contribution < 1.29 is 23.0 Å². The number of hydrogen-bond acceptors (Lipinski definition) is 4. The van der Waals surface area contributed by atoms with E-state index in [9.17, 15) is 18.3 Å². The summed E-state index contributed by atoms with van der Waals surface area (Å²) in [4.78, 5) is 2.26. The van der Waals surface area contributed by atoms with E-state index in [1.54, 1.807) is 6.07 Å². The zero-order valence-electron chi connectivity index (χ0n) is 13.6. The van der Waals surface area contributed by atoms with Crippen LogP contribution >= 0.6 is 24.8 Å². The normalized spacial score (nSPS) is 20.0. The van der Waals surface area contributed by atoms with Crippen LogP contribution in [0.25, 0.3) is 0 Å². The minimum atomic E-state index is -4.81. The van der Waals surface area contributed by atoms with E-state index >= 15 is 0 Å². The molecule has 1 aromatic rings. The van der Waals surface area contributed by atoms with Crippen molar-refractivity contribution in [3.05, 3.63) is 23.8 Å². The van der Waals surface area contributed by atoms with Crippen molar-refractivity contribution in [2.24, 2.45) is 5.92 Å². The molecule has 2 N–H and O–H groups in total. The third-order valence-electron chi connectivity index (χ3n) is 4.72. The van der Waals surface area contributed by atoms with Crippen molar-refractivity contribution in [3.8, 4) is 11.5 Å². The second-order valence-electron chi connectivity index (χ2n) is 6.16. The van der Waals surface area contributed by atoms with Gasteiger partial charge in [-0.3, -0.25) is 4.90 Å². The largest absolute Gasteiger partial charge is 0.573 e. The Bertz CT molecular complexity index is 551. The number of alkyl halides is 3. The fourth-order valence-electron chi connectivity index (χ4n) is 3.45. The van der Waals surface area contributed by atoms with Crippen molar-refractivity contribution in [3.63, 3.8) is 0 Å². The van der Waals surface area contributed by atoms with Crippen molar-refractivity contribution >= 4 is 24.8 Å². The molecule has 0 unspecified atom stereocenters. The van der Waals surface area contributed by atoms with Crippen LogP contribution in [0.4, 0.5) is 13.2 Å². The molecular formula is C16H23Cl2F3N2O2. The molecule has 1 heterocycles. The van der Waals surface area contributed by atoms with E-state index in [1.165, 1.54) is 6.07 Å². The van der Waals surface area contributed by atoms with Gasteiger partial charge >= 0.3 is 6.36 Å². The minimum Gasteiger partial charge on any atom is -0.504 e. The van der Waals surface area contributed by atoms with E-state index in [0.29, 0.717) is 11.5 Å². The Labute approximate surface area is 157 Å². The van der Waals surface area contributed by atoms with Gasteiger partial charge < -0.3 is 15.2 Å². The maximum Gasteiger partial charge on any atom is 0.573 e. The molecule has 0 amide bonds. The number of phenols is 1. The van der Waals surface area contributed by atoms with E-state index in [4.69, 9.17) is 0 Å². The molecule has 2 fully saturated rings. The number of aromatic hydroxyl groups is 1. The van der Waals surface area contributed by atoms with Crippen molar-refractivity contribution in [2.45, 2.75) is 31.7 Å². The van der Waals surface area contributed by atoms with E-state index in [-0.39, 0.29) is 36.6 Å². The van der Waals surface area contributed by atoms with Gasteiger partial charge in [0.15, 0.2) is 11.5 Å². The summed E-state index contributed by atoms with van der Waals surface area (Å²) in [6.07, 6.45) is -1.60. The zero-order valence-corrected chi connectivity index (χ0v) is 15.2. The van der Waals surface area contributed by atoms with Gasteiger partial charge in [-0.05, 0) is 24.8 Å². The van der Waals surface area contributed by atoms with Gasteiger partial charge in [0, 0.05) is 37.8 Å². The molecule has 25 heavy (non-hydrogen) atoms. The summed E-state index contributed by atoms with van der Waals surface area (Å²) in [6.45, 7) is 3.35. The molecule has 1 atom stereocenters. The third-order valence-corrected chi connectivity index (χ3v) is 4.72. The second kappa shape index (κ2) is 9.16. The predicted molar refractivity (Wildman–Crippen MR) is 93.8 cm³/mol. The smallest absolute Gasteiger partial charge is 0.504 e. The van der Waals surface area contributed by atoms with Gasteiger partial charge in [-0.2, -0.15) is 0 Å². The van der Waals surface area contributed by atoms with Gasteiger partial charge in [0.05, 0.1) is 0 Å². The Morgan fingerprint density at radius 2 is 1.80 bits per heavy atom. The van der Waals surface area contributed by atoms with Crippen LogP contribution in [0.3, 0.4) is 0 Å². The van der Waals surface area contributed by atoms with Gasteiger partial charge in [0.25, 0.3) is 0 Å². The highest BCUT2D eigenvalue weighted by molar-refractivity contribution is 5.85. The molecule has 1 aliphatic heterocycles. The Morgan fingerprint density at radius 3 is 2.32 bits per heavy atom. The summed E-state index contributed by atoms with van der Waals surface area (Å²) in [5.41, 5.74) is 0.540. The molecule has 0 radical (unpaired) electrons. The molecular weight excluding hydrogens is 380 g/mol. The molecule has 0 spiro atoms. The molecule has 2 aliphatic rings. The van der Waals surface area contributed by atoms with E-state index < -0.39 is 12.1 Å². The second-order valence-corrected chi connectivity index (χ2v) is 6.16. The summed E-state index contributed by atoms with van der Waals surface area (Å²) < 4.78 is 41.4. The number of ether oxygens (including phenoxy) is 1. The monoisotopic (exact) mass is 402 g/mol. The van der Waals surface area contributed by atoms with Crippen LogP contribution in [0.5, 0.6) is 11.5 Å². The Morgan fingerprint density at radius 1 is 1.16 bits per heavy atom. The predicted octanol–water partition coefficient (Wildman–Crippen LogP) is 3.88. The fraction of sp³-hybridized carbons (Fsp3) is 0.625. The first kappa shape index (κ1) is 22.2. The maximum absolute atomic E-state index is 12.5. The van der Waals surface area contributed by atoms with Gasteiger partial charge in [-0.1, -0.05) is 18.6 Å². The fourth-order valence-corrected chi connectivity index (χ4v) is 3.45. The van der Waals surface area contributed by atoms with Crippen LogP contribution in [-0.2, 0) is 0 Å². The van der Waals surface area contributed by atoms with Crippen molar-refractivity contribution in [2.75, 3.05) is 26.2 Å². The molecule has 144 valence electrons. The number of nitrogens with zero attached hydrogens (tertiary/aromatic N) is 1. The van der Waals surface area contributed by atoms with Gasteiger partial charge in [-0.25, -0.2) is 0 Å². The van der Waals surface area contributed by atoms with E-state index in [0.717, 1.165) is 51.5 Å². The van der Waals surface area contributed by atoms with Crippen LogP contribution in [-0.4, -0.2) is 42.5 Å². The van der Waals surface area contributed by atoms with Gasteiger partial charge in [0.1, 0.15) is 0 Å². The number of nitrogens with one attached hydrogen (secondary N) is 1. The lowest BCUT2D eigenvalue weighted by Gasteiger charge is -2.43. The van der Waals surface area contributed by atoms with Gasteiger partial charge in [-0.15, -0.1) is 38.0 Å². The number of halogens is 5. The van der Waals surface area contributed by atoms with Crippen LogP contribution in [0.2, 0.25) is 0 Å². The standard InChI is InChI=1S/C16H21F3N2O2.2ClH/c17-16(18,19)23-13-6-2-5-12(15(13)22)14(11-3-1-4-11)21-9-7-20-8-10-21;;/h2,5-6,11,14,20,22H,1,3-4,7-10H2;2*1H/t14-;;/m1../s1.